The van der Waals surface area contributed by atoms with Gasteiger partial charge in [0.2, 0.25) is 0 Å². The highest BCUT2D eigenvalue weighted by Gasteiger charge is 2.30. The number of aliphatic carboxylic acids is 1. The average molecular weight is 488 g/mol. The molecule has 1 aliphatic rings. The van der Waals surface area contributed by atoms with Crippen molar-refractivity contribution < 1.29 is 9.90 Å². The summed E-state index contributed by atoms with van der Waals surface area (Å²) in [6, 6.07) is 12.5. The summed E-state index contributed by atoms with van der Waals surface area (Å²) in [5, 5.41) is 26.8. The summed E-state index contributed by atoms with van der Waals surface area (Å²) in [6.07, 6.45) is 5.46. The Morgan fingerprint density at radius 2 is 1.91 bits per heavy atom. The van der Waals surface area contributed by atoms with Gasteiger partial charge in [-0.25, -0.2) is 4.68 Å². The first kappa shape index (κ1) is 23.7. The molecule has 4 rings (SSSR count). The number of tetrazole rings is 1. The zero-order valence-corrected chi connectivity index (χ0v) is 19.9. The third kappa shape index (κ3) is 5.54. The van der Waals surface area contributed by atoms with E-state index < -0.39 is 18.1 Å². The monoisotopic (exact) mass is 487 g/mol. The molecule has 0 amide bonds. The van der Waals surface area contributed by atoms with Crippen LogP contribution in [0.15, 0.2) is 42.5 Å². The lowest BCUT2D eigenvalue weighted by molar-refractivity contribution is -0.137. The molecule has 1 aromatic heterocycles. The number of halogens is 2. The van der Waals surface area contributed by atoms with E-state index in [9.17, 15) is 9.90 Å². The lowest BCUT2D eigenvalue weighted by Crippen LogP contribution is -2.32. The second-order valence-electron chi connectivity index (χ2n) is 8.55. The zero-order valence-electron chi connectivity index (χ0n) is 18.4. The molecule has 0 bridgehead atoms. The Hall–Kier alpha value is -2.48. The van der Waals surface area contributed by atoms with Crippen LogP contribution < -0.4 is 5.32 Å². The zero-order chi connectivity index (χ0) is 23.4. The van der Waals surface area contributed by atoms with Gasteiger partial charge >= 0.3 is 5.97 Å². The molecule has 1 heterocycles. The number of aryl methyl sites for hydroxylation is 1. The van der Waals surface area contributed by atoms with Crippen LogP contribution in [0.25, 0.3) is 0 Å². The van der Waals surface area contributed by atoms with Gasteiger partial charge in [0.25, 0.3) is 0 Å². The molecule has 2 atom stereocenters. The molecule has 1 aliphatic carbocycles. The first-order chi connectivity index (χ1) is 15.9. The van der Waals surface area contributed by atoms with Gasteiger partial charge in [-0.2, -0.15) is 0 Å². The summed E-state index contributed by atoms with van der Waals surface area (Å²) in [5.74, 6) is -0.236. The van der Waals surface area contributed by atoms with Gasteiger partial charge in [0.1, 0.15) is 0 Å². The molecule has 0 radical (unpaired) electrons. The minimum Gasteiger partial charge on any atom is -0.481 e. The number of aromatic nitrogens is 4. The number of hydrogen-bond donors (Lipinski definition) is 2. The van der Waals surface area contributed by atoms with Crippen molar-refractivity contribution in [1.82, 2.24) is 25.5 Å². The number of nitrogens with zero attached hydrogens (tertiary/aromatic N) is 4. The second-order valence-corrected chi connectivity index (χ2v) is 9.37. The number of carboxylic acid groups (broad SMARTS) is 1. The lowest BCUT2D eigenvalue weighted by Gasteiger charge is -2.29. The first-order valence-corrected chi connectivity index (χ1v) is 12.0. The largest absolute Gasteiger partial charge is 0.481 e. The maximum atomic E-state index is 11.8. The van der Waals surface area contributed by atoms with Crippen molar-refractivity contribution >= 4 is 29.2 Å². The van der Waals surface area contributed by atoms with Gasteiger partial charge in [0, 0.05) is 6.04 Å². The Bertz CT molecular complexity index is 1110. The molecule has 2 aromatic carbocycles. The first-order valence-electron chi connectivity index (χ1n) is 11.2. The van der Waals surface area contributed by atoms with Crippen LogP contribution in [-0.4, -0.2) is 31.3 Å². The topological polar surface area (TPSA) is 92.9 Å². The summed E-state index contributed by atoms with van der Waals surface area (Å²) in [4.78, 5) is 11.8. The average Bonchev–Trinajstić information content (AvgIpc) is 3.29. The molecule has 0 spiro atoms. The van der Waals surface area contributed by atoms with E-state index in [1.807, 2.05) is 35.9 Å². The highest BCUT2D eigenvalue weighted by atomic mass is 35.5. The summed E-state index contributed by atoms with van der Waals surface area (Å²) < 4.78 is 1.93. The molecule has 3 aromatic rings. The summed E-state index contributed by atoms with van der Waals surface area (Å²) in [7, 11) is 0. The fourth-order valence-corrected chi connectivity index (χ4v) is 4.87. The number of nitrogens with one attached hydrogen (secondary N) is 1. The molecule has 9 heteroatoms. The van der Waals surface area contributed by atoms with Gasteiger partial charge in [-0.15, -0.1) is 5.10 Å². The van der Waals surface area contributed by atoms with Crippen molar-refractivity contribution in [2.24, 2.45) is 0 Å². The summed E-state index contributed by atoms with van der Waals surface area (Å²) in [6.45, 7) is 2.03. The standard InChI is InChI=1S/C24H27Cl2N5O2/c1-15-7-5-6-10-18(15)23(24-28-29-30-31(24)17-8-3-2-4-9-17)27-21(14-22(32)33)16-11-12-19(25)20(26)13-16/h5-7,10-13,17,21,23,27H,2-4,8-9,14H2,1H3,(H,32,33). The molecule has 2 N–H and O–H groups in total. The van der Waals surface area contributed by atoms with Crippen LogP contribution in [-0.2, 0) is 4.79 Å². The maximum Gasteiger partial charge on any atom is 0.305 e. The fraction of sp³-hybridized carbons (Fsp3) is 0.417. The second kappa shape index (κ2) is 10.6. The summed E-state index contributed by atoms with van der Waals surface area (Å²) >= 11 is 12.4. The SMILES string of the molecule is Cc1ccccc1C(NC(CC(=O)O)c1ccc(Cl)c(Cl)c1)c1nnnn1C1CCCCC1. The van der Waals surface area contributed by atoms with E-state index in [0.29, 0.717) is 15.9 Å². The van der Waals surface area contributed by atoms with Crippen LogP contribution in [0.4, 0.5) is 0 Å². The minimum atomic E-state index is -0.922. The molecular weight excluding hydrogens is 461 g/mol. The Balaban J connectivity index is 1.76. The van der Waals surface area contributed by atoms with Gasteiger partial charge in [-0.1, -0.05) is 72.8 Å². The summed E-state index contributed by atoms with van der Waals surface area (Å²) in [5.41, 5.74) is 2.80. The smallest absolute Gasteiger partial charge is 0.305 e. The predicted octanol–water partition coefficient (Wildman–Crippen LogP) is 5.69. The lowest BCUT2D eigenvalue weighted by atomic mass is 9.94. The number of carbonyl (C=O) groups is 1. The number of rotatable bonds is 8. The van der Waals surface area contributed by atoms with E-state index in [-0.39, 0.29) is 12.5 Å². The Morgan fingerprint density at radius 3 is 2.61 bits per heavy atom. The molecule has 0 aliphatic heterocycles. The number of carboxylic acids is 1. The quantitative estimate of drug-likeness (QED) is 0.423. The Kier molecular flexibility index (Phi) is 7.63. The van der Waals surface area contributed by atoms with E-state index in [2.05, 4.69) is 20.8 Å². The highest BCUT2D eigenvalue weighted by Crippen LogP contribution is 2.34. The van der Waals surface area contributed by atoms with Gasteiger partial charge in [0.15, 0.2) is 5.82 Å². The van der Waals surface area contributed by atoms with Crippen molar-refractivity contribution in [3.8, 4) is 0 Å². The van der Waals surface area contributed by atoms with Gasteiger partial charge in [-0.05, 0) is 59.0 Å². The van der Waals surface area contributed by atoms with E-state index in [4.69, 9.17) is 23.2 Å². The Morgan fingerprint density at radius 1 is 1.15 bits per heavy atom. The van der Waals surface area contributed by atoms with E-state index in [0.717, 1.165) is 42.4 Å². The third-order valence-corrected chi connectivity index (χ3v) is 7.03. The van der Waals surface area contributed by atoms with Gasteiger partial charge < -0.3 is 5.11 Å². The maximum absolute atomic E-state index is 11.8. The highest BCUT2D eigenvalue weighted by molar-refractivity contribution is 6.42. The number of hydrogen-bond acceptors (Lipinski definition) is 5. The van der Waals surface area contributed by atoms with Crippen molar-refractivity contribution in [3.63, 3.8) is 0 Å². The third-order valence-electron chi connectivity index (χ3n) is 6.29. The van der Waals surface area contributed by atoms with E-state index in [1.165, 1.54) is 6.42 Å². The molecule has 7 nitrogen and oxygen atoms in total. The van der Waals surface area contributed by atoms with Crippen molar-refractivity contribution in [2.75, 3.05) is 0 Å². The van der Waals surface area contributed by atoms with Crippen molar-refractivity contribution in [3.05, 3.63) is 75.0 Å². The van der Waals surface area contributed by atoms with E-state index in [1.54, 1.807) is 18.2 Å². The molecule has 33 heavy (non-hydrogen) atoms. The fourth-order valence-electron chi connectivity index (χ4n) is 4.57. The molecule has 0 saturated heterocycles. The number of benzene rings is 2. The van der Waals surface area contributed by atoms with E-state index >= 15 is 0 Å². The van der Waals surface area contributed by atoms with Gasteiger partial charge in [-0.3, -0.25) is 10.1 Å². The van der Waals surface area contributed by atoms with Crippen LogP contribution in [0, 0.1) is 6.92 Å². The van der Waals surface area contributed by atoms with Crippen LogP contribution in [0.3, 0.4) is 0 Å². The molecule has 1 fully saturated rings. The molecular formula is C24H27Cl2N5O2. The minimum absolute atomic E-state index is 0.134. The Labute approximate surface area is 203 Å². The normalized spacial score (nSPS) is 16.5. The van der Waals surface area contributed by atoms with Gasteiger partial charge in [0.05, 0.1) is 28.5 Å². The van der Waals surface area contributed by atoms with Crippen molar-refractivity contribution in [2.45, 2.75) is 63.6 Å². The molecule has 174 valence electrons. The van der Waals surface area contributed by atoms with Crippen LogP contribution in [0.2, 0.25) is 10.0 Å². The molecule has 1 saturated carbocycles. The predicted molar refractivity (Wildman–Crippen MR) is 128 cm³/mol. The van der Waals surface area contributed by atoms with Crippen LogP contribution in [0.5, 0.6) is 0 Å². The van der Waals surface area contributed by atoms with Crippen molar-refractivity contribution in [1.29, 1.82) is 0 Å². The van der Waals surface area contributed by atoms with Crippen LogP contribution >= 0.6 is 23.2 Å². The molecule has 2 unspecified atom stereocenters. The van der Waals surface area contributed by atoms with Crippen LogP contribution in [0.1, 0.15) is 79.2 Å².